The van der Waals surface area contributed by atoms with E-state index >= 15 is 0 Å². The molecule has 114 valence electrons. The van der Waals surface area contributed by atoms with Crippen molar-refractivity contribution in [3.05, 3.63) is 34.9 Å². The second kappa shape index (κ2) is 7.46. The third-order valence-corrected chi connectivity index (χ3v) is 4.12. The quantitative estimate of drug-likeness (QED) is 0.759. The van der Waals surface area contributed by atoms with Gasteiger partial charge in [0.15, 0.2) is 0 Å². The number of rotatable bonds is 6. The number of amides is 1. The van der Waals surface area contributed by atoms with Crippen LogP contribution in [0, 0.1) is 5.92 Å². The minimum atomic E-state index is -0.294. The summed E-state index contributed by atoms with van der Waals surface area (Å²) in [5.41, 5.74) is 1.01. The van der Waals surface area contributed by atoms with E-state index in [1.165, 1.54) is 7.11 Å². The Balaban J connectivity index is 2.01. The van der Waals surface area contributed by atoms with Crippen LogP contribution in [0.4, 0.5) is 0 Å². The van der Waals surface area contributed by atoms with Crippen LogP contribution >= 0.6 is 11.6 Å². The SMILES string of the molecule is COC(=O)CCN(Cc1ccc(Cl)cc1)C(=O)C1CCC1. The van der Waals surface area contributed by atoms with Crippen LogP contribution in [-0.4, -0.2) is 30.4 Å². The molecule has 0 aromatic heterocycles. The van der Waals surface area contributed by atoms with Crippen LogP contribution in [0.3, 0.4) is 0 Å². The van der Waals surface area contributed by atoms with E-state index in [1.807, 2.05) is 24.3 Å². The van der Waals surface area contributed by atoms with Gasteiger partial charge in [-0.3, -0.25) is 9.59 Å². The van der Waals surface area contributed by atoms with E-state index in [1.54, 1.807) is 4.90 Å². The molecule has 0 saturated heterocycles. The first-order valence-corrected chi connectivity index (χ1v) is 7.58. The summed E-state index contributed by atoms with van der Waals surface area (Å²) in [6.45, 7) is 0.897. The maximum Gasteiger partial charge on any atom is 0.307 e. The Morgan fingerprint density at radius 3 is 2.48 bits per heavy atom. The van der Waals surface area contributed by atoms with Gasteiger partial charge < -0.3 is 9.64 Å². The number of carbonyl (C=O) groups excluding carboxylic acids is 2. The van der Waals surface area contributed by atoms with E-state index in [0.717, 1.165) is 24.8 Å². The molecule has 0 radical (unpaired) electrons. The van der Waals surface area contributed by atoms with Gasteiger partial charge in [-0.2, -0.15) is 0 Å². The molecule has 0 heterocycles. The molecule has 0 aliphatic heterocycles. The third kappa shape index (κ3) is 4.46. The molecule has 1 amide bonds. The van der Waals surface area contributed by atoms with Crippen LogP contribution in [0.2, 0.25) is 5.02 Å². The van der Waals surface area contributed by atoms with Gasteiger partial charge in [0.05, 0.1) is 13.5 Å². The lowest BCUT2D eigenvalue weighted by molar-refractivity contribution is -0.143. The minimum absolute atomic E-state index is 0.120. The smallest absolute Gasteiger partial charge is 0.307 e. The van der Waals surface area contributed by atoms with E-state index in [4.69, 9.17) is 11.6 Å². The van der Waals surface area contributed by atoms with Crippen molar-refractivity contribution in [2.75, 3.05) is 13.7 Å². The van der Waals surface area contributed by atoms with E-state index in [-0.39, 0.29) is 24.2 Å². The Morgan fingerprint density at radius 2 is 1.95 bits per heavy atom. The molecule has 0 spiro atoms. The van der Waals surface area contributed by atoms with Crippen molar-refractivity contribution in [3.63, 3.8) is 0 Å². The van der Waals surface area contributed by atoms with E-state index in [0.29, 0.717) is 18.1 Å². The molecule has 0 bridgehead atoms. The van der Waals surface area contributed by atoms with Gasteiger partial charge >= 0.3 is 5.97 Å². The molecule has 1 aliphatic carbocycles. The molecule has 0 N–H and O–H groups in total. The molecule has 1 saturated carbocycles. The van der Waals surface area contributed by atoms with Crippen molar-refractivity contribution in [1.29, 1.82) is 0 Å². The molecular formula is C16H20ClNO3. The van der Waals surface area contributed by atoms with Gasteiger partial charge in [0.2, 0.25) is 5.91 Å². The molecule has 0 atom stereocenters. The number of benzene rings is 1. The van der Waals surface area contributed by atoms with Crippen LogP contribution in [0.5, 0.6) is 0 Å². The second-order valence-corrected chi connectivity index (χ2v) is 5.78. The summed E-state index contributed by atoms with van der Waals surface area (Å²) in [6.07, 6.45) is 3.24. The summed E-state index contributed by atoms with van der Waals surface area (Å²) in [6, 6.07) is 7.43. The highest BCUT2D eigenvalue weighted by molar-refractivity contribution is 6.30. The normalized spacial score (nSPS) is 14.4. The lowest BCUT2D eigenvalue weighted by Crippen LogP contribution is -2.39. The highest BCUT2D eigenvalue weighted by atomic mass is 35.5. The van der Waals surface area contributed by atoms with E-state index in [9.17, 15) is 9.59 Å². The monoisotopic (exact) mass is 309 g/mol. The van der Waals surface area contributed by atoms with Gasteiger partial charge in [0.1, 0.15) is 0 Å². The molecule has 4 nitrogen and oxygen atoms in total. The summed E-state index contributed by atoms with van der Waals surface area (Å²) >= 11 is 5.87. The first kappa shape index (κ1) is 15.8. The number of hydrogen-bond donors (Lipinski definition) is 0. The van der Waals surface area contributed by atoms with Crippen LogP contribution in [0.15, 0.2) is 24.3 Å². The fourth-order valence-corrected chi connectivity index (χ4v) is 2.45. The number of methoxy groups -OCH3 is 1. The molecule has 1 aromatic rings. The topological polar surface area (TPSA) is 46.6 Å². The number of nitrogens with zero attached hydrogens (tertiary/aromatic N) is 1. The maximum atomic E-state index is 12.4. The summed E-state index contributed by atoms with van der Waals surface area (Å²) in [4.78, 5) is 25.5. The zero-order chi connectivity index (χ0) is 15.2. The van der Waals surface area contributed by atoms with E-state index < -0.39 is 0 Å². The fraction of sp³-hybridized carbons (Fsp3) is 0.500. The summed E-state index contributed by atoms with van der Waals surface area (Å²) in [5.74, 6) is -0.0347. The lowest BCUT2D eigenvalue weighted by atomic mass is 9.84. The Morgan fingerprint density at radius 1 is 1.29 bits per heavy atom. The minimum Gasteiger partial charge on any atom is -0.469 e. The van der Waals surface area contributed by atoms with Gasteiger partial charge in [-0.15, -0.1) is 0 Å². The number of esters is 1. The van der Waals surface area contributed by atoms with Gasteiger partial charge in [0, 0.05) is 24.0 Å². The fourth-order valence-electron chi connectivity index (χ4n) is 2.32. The Labute approximate surface area is 130 Å². The van der Waals surface area contributed by atoms with Gasteiger partial charge in [-0.1, -0.05) is 30.2 Å². The standard InChI is InChI=1S/C16H20ClNO3/c1-21-15(19)9-10-18(16(20)13-3-2-4-13)11-12-5-7-14(17)8-6-12/h5-8,13H,2-4,9-11H2,1H3. The predicted molar refractivity (Wildman–Crippen MR) is 80.8 cm³/mol. The Bertz CT molecular complexity index is 497. The third-order valence-electron chi connectivity index (χ3n) is 3.87. The highest BCUT2D eigenvalue weighted by Gasteiger charge is 2.29. The number of hydrogen-bond acceptors (Lipinski definition) is 3. The zero-order valence-electron chi connectivity index (χ0n) is 12.2. The molecule has 5 heteroatoms. The first-order valence-electron chi connectivity index (χ1n) is 7.20. The Kier molecular flexibility index (Phi) is 5.62. The Hall–Kier alpha value is -1.55. The maximum absolute atomic E-state index is 12.4. The van der Waals surface area contributed by atoms with Crippen molar-refractivity contribution in [1.82, 2.24) is 4.90 Å². The number of carbonyl (C=O) groups is 2. The molecule has 2 rings (SSSR count). The largest absolute Gasteiger partial charge is 0.469 e. The predicted octanol–water partition coefficient (Wildman–Crippen LogP) is 3.03. The number of halogens is 1. The molecular weight excluding hydrogens is 290 g/mol. The number of ether oxygens (including phenoxy) is 1. The van der Waals surface area contributed by atoms with Gasteiger partial charge in [-0.05, 0) is 30.5 Å². The van der Waals surface area contributed by atoms with Crippen LogP contribution in [-0.2, 0) is 20.9 Å². The molecule has 21 heavy (non-hydrogen) atoms. The second-order valence-electron chi connectivity index (χ2n) is 5.34. The average Bonchev–Trinajstić information content (AvgIpc) is 2.43. The van der Waals surface area contributed by atoms with Crippen molar-refractivity contribution in [2.45, 2.75) is 32.2 Å². The average molecular weight is 310 g/mol. The summed E-state index contributed by atoms with van der Waals surface area (Å²) in [7, 11) is 1.36. The first-order chi connectivity index (χ1) is 10.1. The van der Waals surface area contributed by atoms with Crippen molar-refractivity contribution < 1.29 is 14.3 Å². The van der Waals surface area contributed by atoms with Crippen molar-refractivity contribution in [2.24, 2.45) is 5.92 Å². The van der Waals surface area contributed by atoms with Crippen molar-refractivity contribution in [3.8, 4) is 0 Å². The highest BCUT2D eigenvalue weighted by Crippen LogP contribution is 2.29. The van der Waals surface area contributed by atoms with Gasteiger partial charge in [-0.25, -0.2) is 0 Å². The molecule has 1 aromatic carbocycles. The lowest BCUT2D eigenvalue weighted by Gasteiger charge is -2.31. The summed E-state index contributed by atoms with van der Waals surface area (Å²) < 4.78 is 4.65. The molecule has 1 fully saturated rings. The zero-order valence-corrected chi connectivity index (χ0v) is 12.9. The van der Waals surface area contributed by atoms with Crippen LogP contribution in [0.25, 0.3) is 0 Å². The van der Waals surface area contributed by atoms with Crippen LogP contribution in [0.1, 0.15) is 31.2 Å². The van der Waals surface area contributed by atoms with Gasteiger partial charge in [0.25, 0.3) is 0 Å². The van der Waals surface area contributed by atoms with E-state index in [2.05, 4.69) is 4.74 Å². The molecule has 1 aliphatic rings. The molecule has 0 unspecified atom stereocenters. The van der Waals surface area contributed by atoms with Crippen LogP contribution < -0.4 is 0 Å². The van der Waals surface area contributed by atoms with Crippen molar-refractivity contribution >= 4 is 23.5 Å². The summed E-state index contributed by atoms with van der Waals surface area (Å²) in [5, 5.41) is 0.671.